The van der Waals surface area contributed by atoms with Gasteiger partial charge in [-0.3, -0.25) is 9.59 Å². The molecule has 0 radical (unpaired) electrons. The van der Waals surface area contributed by atoms with E-state index in [2.05, 4.69) is 0 Å². The number of hydrogen-bond acceptors (Lipinski definition) is 6. The van der Waals surface area contributed by atoms with Crippen LogP contribution in [0.5, 0.6) is 0 Å². The van der Waals surface area contributed by atoms with Gasteiger partial charge in [0.1, 0.15) is 12.1 Å². The average molecular weight is 224 g/mol. The van der Waals surface area contributed by atoms with Gasteiger partial charge in [-0.25, -0.2) is 0 Å². The van der Waals surface area contributed by atoms with E-state index in [9.17, 15) is 9.59 Å². The van der Waals surface area contributed by atoms with Crippen LogP contribution in [0.2, 0.25) is 0 Å². The highest BCUT2D eigenvalue weighted by molar-refractivity contribution is 5.73. The van der Waals surface area contributed by atoms with E-state index in [1.54, 1.807) is 0 Å². The van der Waals surface area contributed by atoms with Crippen LogP contribution in [0.3, 0.4) is 0 Å². The van der Waals surface area contributed by atoms with Crippen LogP contribution in [-0.4, -0.2) is 57.2 Å². The third kappa shape index (κ3) is 9.09. The normalized spacial score (nSPS) is 15.5. The minimum atomic E-state index is -1.18. The fourth-order valence-corrected chi connectivity index (χ4v) is 0.284. The maximum atomic E-state index is 9.86. The summed E-state index contributed by atoms with van der Waals surface area (Å²) < 4.78 is 0. The van der Waals surface area contributed by atoms with E-state index in [1.165, 1.54) is 6.92 Å². The van der Waals surface area contributed by atoms with Gasteiger partial charge in [0.2, 0.25) is 0 Å². The molecule has 0 heterocycles. The molecule has 0 spiro atoms. The molecular weight excluding hydrogens is 208 g/mol. The maximum Gasteiger partial charge on any atom is 0.323 e. The van der Waals surface area contributed by atoms with Crippen LogP contribution in [0.1, 0.15) is 6.92 Å². The second-order valence-electron chi connectivity index (χ2n) is 2.73. The van der Waals surface area contributed by atoms with Crippen LogP contribution in [-0.2, 0) is 9.59 Å². The molecule has 0 aromatic rings. The zero-order chi connectivity index (χ0) is 12.6. The highest BCUT2D eigenvalue weighted by Crippen LogP contribution is 1.85. The summed E-state index contributed by atoms with van der Waals surface area (Å²) in [5.74, 6) is -2.36. The van der Waals surface area contributed by atoms with Gasteiger partial charge in [0.25, 0.3) is 0 Å². The molecule has 0 aliphatic rings. The minimum absolute atomic E-state index is 0.505. The topological polar surface area (TPSA) is 167 Å². The van der Waals surface area contributed by atoms with Crippen molar-refractivity contribution in [3.63, 3.8) is 0 Å². The standard InChI is InChI=1S/C4H9NO3.C3H7NO3/c1-2(6)3(5)4(7)8;4-2(1-5)3(6)7/h2-3,6H,5H2,1H3,(H,7,8);2,5H,1,4H2,(H,6,7)/t2-,3+;2-/m11/s1. The summed E-state index contributed by atoms with van der Waals surface area (Å²) in [4.78, 5) is 19.5. The lowest BCUT2D eigenvalue weighted by molar-refractivity contribution is -0.141. The number of nitrogens with two attached hydrogens (primary N) is 2. The Morgan fingerprint density at radius 2 is 1.60 bits per heavy atom. The van der Waals surface area contributed by atoms with Gasteiger partial charge in [-0.15, -0.1) is 0 Å². The quantitative estimate of drug-likeness (QED) is 0.297. The largest absolute Gasteiger partial charge is 0.480 e. The smallest absolute Gasteiger partial charge is 0.323 e. The molecule has 0 unspecified atom stereocenters. The SMILES string of the molecule is C[C@@H](O)[C@H](N)C(=O)O.N[C@H](CO)C(=O)O. The van der Waals surface area contributed by atoms with E-state index in [4.69, 9.17) is 31.9 Å². The summed E-state index contributed by atoms with van der Waals surface area (Å²) in [5.41, 5.74) is 9.68. The number of aliphatic carboxylic acids is 2. The van der Waals surface area contributed by atoms with Gasteiger partial charge < -0.3 is 31.9 Å². The zero-order valence-electron chi connectivity index (χ0n) is 8.20. The first-order valence-electron chi connectivity index (χ1n) is 3.99. The predicted octanol–water partition coefficient (Wildman–Crippen LogP) is -2.83. The van der Waals surface area contributed by atoms with Crippen LogP contribution >= 0.6 is 0 Å². The van der Waals surface area contributed by atoms with Crippen molar-refractivity contribution in [1.29, 1.82) is 0 Å². The number of aliphatic hydroxyl groups excluding tert-OH is 2. The first kappa shape index (κ1) is 16.2. The number of rotatable bonds is 4. The first-order valence-corrected chi connectivity index (χ1v) is 3.99. The molecule has 0 saturated heterocycles. The van der Waals surface area contributed by atoms with Crippen molar-refractivity contribution in [3.8, 4) is 0 Å². The predicted molar refractivity (Wildman–Crippen MR) is 50.0 cm³/mol. The highest BCUT2D eigenvalue weighted by Gasteiger charge is 2.16. The molecule has 0 aromatic carbocycles. The number of aliphatic hydroxyl groups is 2. The van der Waals surface area contributed by atoms with Gasteiger partial charge in [0.15, 0.2) is 0 Å². The molecule has 0 rings (SSSR count). The Morgan fingerprint density at radius 3 is 1.60 bits per heavy atom. The fraction of sp³-hybridized carbons (Fsp3) is 0.714. The lowest BCUT2D eigenvalue weighted by Crippen LogP contribution is -2.39. The Labute approximate surface area is 86.1 Å². The summed E-state index contributed by atoms with van der Waals surface area (Å²) in [6.45, 7) is 0.827. The van der Waals surface area contributed by atoms with Gasteiger partial charge >= 0.3 is 11.9 Å². The molecule has 90 valence electrons. The number of hydrogen-bond donors (Lipinski definition) is 6. The molecule has 0 aliphatic heterocycles. The Balaban J connectivity index is 0. The first-order chi connectivity index (χ1) is 6.73. The van der Waals surface area contributed by atoms with Crippen molar-refractivity contribution < 1.29 is 30.0 Å². The summed E-state index contributed by atoms with van der Waals surface area (Å²) in [7, 11) is 0. The van der Waals surface area contributed by atoms with E-state index >= 15 is 0 Å². The Hall–Kier alpha value is -1.22. The van der Waals surface area contributed by atoms with E-state index in [1.807, 2.05) is 0 Å². The van der Waals surface area contributed by atoms with E-state index in [0.29, 0.717) is 0 Å². The van der Waals surface area contributed by atoms with Crippen LogP contribution in [0.15, 0.2) is 0 Å². The van der Waals surface area contributed by atoms with Gasteiger partial charge in [-0.2, -0.15) is 0 Å². The lowest BCUT2D eigenvalue weighted by Gasteiger charge is -2.06. The minimum Gasteiger partial charge on any atom is -0.480 e. The van der Waals surface area contributed by atoms with Crippen molar-refractivity contribution in [2.75, 3.05) is 6.61 Å². The van der Waals surface area contributed by atoms with Crippen LogP contribution in [0.25, 0.3) is 0 Å². The molecule has 0 aromatic heterocycles. The Kier molecular flexibility index (Phi) is 8.78. The van der Waals surface area contributed by atoms with Gasteiger partial charge in [0, 0.05) is 0 Å². The monoisotopic (exact) mass is 224 g/mol. The van der Waals surface area contributed by atoms with Gasteiger partial charge in [0.05, 0.1) is 12.7 Å². The Morgan fingerprint density at radius 1 is 1.20 bits per heavy atom. The molecule has 8 heteroatoms. The molecular formula is C7H16N2O6. The molecule has 15 heavy (non-hydrogen) atoms. The highest BCUT2D eigenvalue weighted by atomic mass is 16.4. The summed E-state index contributed by atoms with van der Waals surface area (Å²) in [6.07, 6.45) is -0.979. The fourth-order valence-electron chi connectivity index (χ4n) is 0.284. The molecule has 8 N–H and O–H groups in total. The van der Waals surface area contributed by atoms with Crippen LogP contribution in [0.4, 0.5) is 0 Å². The van der Waals surface area contributed by atoms with Crippen molar-refractivity contribution in [2.45, 2.75) is 25.1 Å². The molecule has 8 nitrogen and oxygen atoms in total. The molecule has 0 aliphatic carbocycles. The molecule has 0 saturated carbocycles. The molecule has 3 atom stereocenters. The molecule has 0 fully saturated rings. The number of carboxylic acid groups (broad SMARTS) is 2. The van der Waals surface area contributed by atoms with Crippen molar-refractivity contribution in [3.05, 3.63) is 0 Å². The van der Waals surface area contributed by atoms with Gasteiger partial charge in [-0.1, -0.05) is 0 Å². The second-order valence-corrected chi connectivity index (χ2v) is 2.73. The lowest BCUT2D eigenvalue weighted by atomic mass is 10.2. The van der Waals surface area contributed by atoms with Crippen LogP contribution < -0.4 is 11.5 Å². The van der Waals surface area contributed by atoms with E-state index in [-0.39, 0.29) is 0 Å². The van der Waals surface area contributed by atoms with Crippen LogP contribution in [0, 0.1) is 0 Å². The third-order valence-electron chi connectivity index (χ3n) is 1.32. The summed E-state index contributed by atoms with van der Waals surface area (Å²) >= 11 is 0. The zero-order valence-corrected chi connectivity index (χ0v) is 8.20. The van der Waals surface area contributed by atoms with E-state index < -0.39 is 36.7 Å². The third-order valence-corrected chi connectivity index (χ3v) is 1.32. The van der Waals surface area contributed by atoms with Crippen molar-refractivity contribution in [2.24, 2.45) is 11.5 Å². The number of carbonyl (C=O) groups is 2. The Bertz CT molecular complexity index is 208. The van der Waals surface area contributed by atoms with E-state index in [0.717, 1.165) is 0 Å². The molecule has 0 bridgehead atoms. The second kappa shape index (κ2) is 8.12. The van der Waals surface area contributed by atoms with Gasteiger partial charge in [-0.05, 0) is 6.92 Å². The van der Waals surface area contributed by atoms with Crippen molar-refractivity contribution in [1.82, 2.24) is 0 Å². The number of carboxylic acids is 2. The average Bonchev–Trinajstić information content (AvgIpc) is 2.15. The van der Waals surface area contributed by atoms with Crippen molar-refractivity contribution >= 4 is 11.9 Å². The molecule has 0 amide bonds. The maximum absolute atomic E-state index is 9.86. The summed E-state index contributed by atoms with van der Waals surface area (Å²) in [5, 5.41) is 32.4. The summed E-state index contributed by atoms with van der Waals surface area (Å²) in [6, 6.07) is -2.28.